The van der Waals surface area contributed by atoms with E-state index in [1.807, 2.05) is 0 Å². The monoisotopic (exact) mass is 284 g/mol. The van der Waals surface area contributed by atoms with E-state index < -0.39 is 11.4 Å². The van der Waals surface area contributed by atoms with Crippen LogP contribution in [0.3, 0.4) is 0 Å². The summed E-state index contributed by atoms with van der Waals surface area (Å²) in [5.41, 5.74) is -0.240. The van der Waals surface area contributed by atoms with E-state index in [0.717, 1.165) is 45.1 Å². The highest BCUT2D eigenvalue weighted by atomic mass is 16.5. The molecule has 1 saturated carbocycles. The molecule has 0 aliphatic heterocycles. The molecule has 1 rings (SSSR count). The lowest BCUT2D eigenvalue weighted by molar-refractivity contribution is -0.154. The van der Waals surface area contributed by atoms with Crippen LogP contribution in [0.5, 0.6) is 0 Å². The molecule has 0 aromatic carbocycles. The minimum absolute atomic E-state index is 0.294. The van der Waals surface area contributed by atoms with Gasteiger partial charge < -0.3 is 9.84 Å². The second kappa shape index (κ2) is 7.44. The summed E-state index contributed by atoms with van der Waals surface area (Å²) in [5, 5.41) is 9.62. The van der Waals surface area contributed by atoms with Gasteiger partial charge in [-0.25, -0.2) is 0 Å². The molecule has 0 radical (unpaired) electrons. The summed E-state index contributed by atoms with van der Waals surface area (Å²) in [6.07, 6.45) is 6.53. The van der Waals surface area contributed by atoms with E-state index in [9.17, 15) is 9.90 Å². The molecule has 118 valence electrons. The third-order valence-electron chi connectivity index (χ3n) is 4.99. The Bertz CT molecular complexity index is 296. The van der Waals surface area contributed by atoms with Crippen molar-refractivity contribution in [1.82, 2.24) is 0 Å². The fraction of sp³-hybridized carbons (Fsp3) is 0.941. The molecular formula is C17H32O3. The average molecular weight is 284 g/mol. The van der Waals surface area contributed by atoms with Crippen LogP contribution in [0, 0.1) is 16.7 Å². The van der Waals surface area contributed by atoms with Gasteiger partial charge in [0.1, 0.15) is 0 Å². The fourth-order valence-corrected chi connectivity index (χ4v) is 3.22. The summed E-state index contributed by atoms with van der Waals surface area (Å²) in [5.74, 6) is 0.0277. The summed E-state index contributed by atoms with van der Waals surface area (Å²) < 4.78 is 5.58. The number of hydrogen-bond acceptors (Lipinski definition) is 2. The van der Waals surface area contributed by atoms with Gasteiger partial charge in [0, 0.05) is 13.2 Å². The van der Waals surface area contributed by atoms with Gasteiger partial charge in [-0.15, -0.1) is 0 Å². The quantitative estimate of drug-likeness (QED) is 0.700. The van der Waals surface area contributed by atoms with Crippen molar-refractivity contribution in [3.63, 3.8) is 0 Å². The van der Waals surface area contributed by atoms with Crippen molar-refractivity contribution >= 4 is 5.97 Å². The van der Waals surface area contributed by atoms with Gasteiger partial charge in [-0.05, 0) is 49.9 Å². The minimum Gasteiger partial charge on any atom is -0.481 e. The number of unbranched alkanes of at least 4 members (excludes halogenated alkanes) is 1. The van der Waals surface area contributed by atoms with Gasteiger partial charge in [0.15, 0.2) is 0 Å². The number of carboxylic acid groups (broad SMARTS) is 1. The lowest BCUT2D eigenvalue weighted by Gasteiger charge is -2.41. The first-order valence-corrected chi connectivity index (χ1v) is 8.13. The first kappa shape index (κ1) is 17.5. The Balaban J connectivity index is 2.48. The van der Waals surface area contributed by atoms with E-state index in [4.69, 9.17) is 4.74 Å². The van der Waals surface area contributed by atoms with Gasteiger partial charge in [-0.3, -0.25) is 4.79 Å². The van der Waals surface area contributed by atoms with Crippen molar-refractivity contribution in [3.05, 3.63) is 0 Å². The molecule has 0 saturated heterocycles. The van der Waals surface area contributed by atoms with Crippen molar-refractivity contribution in [2.45, 2.75) is 72.6 Å². The van der Waals surface area contributed by atoms with E-state index in [1.54, 1.807) is 0 Å². The summed E-state index contributed by atoms with van der Waals surface area (Å²) >= 11 is 0. The van der Waals surface area contributed by atoms with E-state index in [2.05, 4.69) is 27.7 Å². The van der Waals surface area contributed by atoms with Gasteiger partial charge in [0.05, 0.1) is 5.41 Å². The predicted octanol–water partition coefficient (Wildman–Crippen LogP) is 4.50. The van der Waals surface area contributed by atoms with Crippen LogP contribution in [-0.2, 0) is 9.53 Å². The molecule has 0 aromatic heterocycles. The molecule has 1 aliphatic carbocycles. The van der Waals surface area contributed by atoms with Crippen molar-refractivity contribution in [2.24, 2.45) is 16.7 Å². The highest BCUT2D eigenvalue weighted by Gasteiger charge is 2.43. The number of aliphatic carboxylic acids is 1. The molecule has 3 heteroatoms. The maximum atomic E-state index is 11.7. The largest absolute Gasteiger partial charge is 0.481 e. The fourth-order valence-electron chi connectivity index (χ4n) is 3.22. The molecule has 0 bridgehead atoms. The van der Waals surface area contributed by atoms with Crippen molar-refractivity contribution in [2.75, 3.05) is 13.2 Å². The molecule has 0 amide bonds. The van der Waals surface area contributed by atoms with Gasteiger partial charge in [0.2, 0.25) is 0 Å². The normalized spacial score (nSPS) is 27.5. The molecule has 1 N–H and O–H groups in total. The Morgan fingerprint density at radius 2 is 1.85 bits per heavy atom. The highest BCUT2D eigenvalue weighted by molar-refractivity contribution is 5.74. The van der Waals surface area contributed by atoms with Crippen LogP contribution in [0.1, 0.15) is 72.6 Å². The second-order valence-electron chi connectivity index (χ2n) is 7.44. The lowest BCUT2D eigenvalue weighted by Crippen LogP contribution is -2.39. The number of hydrogen-bond donors (Lipinski definition) is 1. The van der Waals surface area contributed by atoms with Gasteiger partial charge >= 0.3 is 5.97 Å². The zero-order chi connectivity index (χ0) is 15.2. The van der Waals surface area contributed by atoms with Crippen LogP contribution in [0.25, 0.3) is 0 Å². The van der Waals surface area contributed by atoms with Crippen molar-refractivity contribution in [1.29, 1.82) is 0 Å². The molecule has 0 unspecified atom stereocenters. The third kappa shape index (κ3) is 4.76. The van der Waals surface area contributed by atoms with Crippen LogP contribution < -0.4 is 0 Å². The smallest absolute Gasteiger partial charge is 0.309 e. The molecule has 0 aromatic rings. The van der Waals surface area contributed by atoms with E-state index in [1.165, 1.54) is 0 Å². The lowest BCUT2D eigenvalue weighted by atomic mass is 9.63. The molecule has 1 aliphatic rings. The summed E-state index contributed by atoms with van der Waals surface area (Å²) in [6, 6.07) is 0. The Kier molecular flexibility index (Phi) is 6.50. The van der Waals surface area contributed by atoms with E-state index >= 15 is 0 Å². The molecule has 0 atom stereocenters. The van der Waals surface area contributed by atoms with Crippen LogP contribution in [0.15, 0.2) is 0 Å². The SMILES string of the molecule is CCCCOCCC1(C(=O)O)CCC(C(C)(C)C)CC1. The summed E-state index contributed by atoms with van der Waals surface area (Å²) in [6.45, 7) is 10.3. The Morgan fingerprint density at radius 3 is 2.30 bits per heavy atom. The number of ether oxygens (including phenoxy) is 1. The molecule has 0 spiro atoms. The molecule has 1 fully saturated rings. The van der Waals surface area contributed by atoms with Crippen LogP contribution in [0.2, 0.25) is 0 Å². The third-order valence-corrected chi connectivity index (χ3v) is 4.99. The van der Waals surface area contributed by atoms with Crippen molar-refractivity contribution in [3.8, 4) is 0 Å². The molecule has 0 heterocycles. The number of rotatable bonds is 7. The molecule has 20 heavy (non-hydrogen) atoms. The molecule has 3 nitrogen and oxygen atoms in total. The van der Waals surface area contributed by atoms with Gasteiger partial charge in [0.25, 0.3) is 0 Å². The summed E-state index contributed by atoms with van der Waals surface area (Å²) in [4.78, 5) is 11.7. The topological polar surface area (TPSA) is 46.5 Å². The Labute approximate surface area is 124 Å². The Hall–Kier alpha value is -0.570. The van der Waals surface area contributed by atoms with Gasteiger partial charge in [-0.2, -0.15) is 0 Å². The first-order chi connectivity index (χ1) is 9.32. The summed E-state index contributed by atoms with van der Waals surface area (Å²) in [7, 11) is 0. The van der Waals surface area contributed by atoms with Crippen molar-refractivity contribution < 1.29 is 14.6 Å². The minimum atomic E-state index is -0.621. The molecular weight excluding hydrogens is 252 g/mol. The number of carboxylic acids is 1. The van der Waals surface area contributed by atoms with Gasteiger partial charge in [-0.1, -0.05) is 34.1 Å². The van der Waals surface area contributed by atoms with E-state index in [0.29, 0.717) is 24.4 Å². The van der Waals surface area contributed by atoms with Crippen LogP contribution >= 0.6 is 0 Å². The van der Waals surface area contributed by atoms with E-state index in [-0.39, 0.29) is 0 Å². The first-order valence-electron chi connectivity index (χ1n) is 8.13. The standard InChI is InChI=1S/C17H32O3/c1-5-6-12-20-13-11-17(15(18)19)9-7-14(8-10-17)16(2,3)4/h14H,5-13H2,1-4H3,(H,18,19). The number of carbonyl (C=O) groups is 1. The maximum absolute atomic E-state index is 11.7. The zero-order valence-corrected chi connectivity index (χ0v) is 13.7. The van der Waals surface area contributed by atoms with Crippen LogP contribution in [-0.4, -0.2) is 24.3 Å². The second-order valence-corrected chi connectivity index (χ2v) is 7.44. The predicted molar refractivity (Wildman–Crippen MR) is 81.8 cm³/mol. The average Bonchev–Trinajstić information content (AvgIpc) is 2.37. The Morgan fingerprint density at radius 1 is 1.25 bits per heavy atom. The maximum Gasteiger partial charge on any atom is 0.309 e. The highest BCUT2D eigenvalue weighted by Crippen LogP contribution is 2.47. The zero-order valence-electron chi connectivity index (χ0n) is 13.7. The van der Waals surface area contributed by atoms with Crippen LogP contribution in [0.4, 0.5) is 0 Å².